The molecule has 1 aromatic carbocycles. The Balaban J connectivity index is 2.46. The molecule has 1 atom stereocenters. The highest BCUT2D eigenvalue weighted by molar-refractivity contribution is 5.81. The number of nitrogens with zero attached hydrogens (tertiary/aromatic N) is 3. The zero-order chi connectivity index (χ0) is 14.6. The number of hydrogen-bond acceptors (Lipinski definition) is 3. The predicted octanol–water partition coefficient (Wildman–Crippen LogP) is 2.27. The van der Waals surface area contributed by atoms with E-state index < -0.39 is 11.4 Å². The summed E-state index contributed by atoms with van der Waals surface area (Å²) >= 11 is 0. The molecule has 1 N–H and O–H groups in total. The van der Waals surface area contributed by atoms with Gasteiger partial charge in [-0.15, -0.1) is 0 Å². The van der Waals surface area contributed by atoms with E-state index in [9.17, 15) is 9.90 Å². The van der Waals surface area contributed by atoms with Crippen LogP contribution in [-0.2, 0) is 23.2 Å². The quantitative estimate of drug-likeness (QED) is 0.876. The van der Waals surface area contributed by atoms with Gasteiger partial charge >= 0.3 is 5.97 Å². The average Bonchev–Trinajstić information content (AvgIpc) is 2.92. The molecule has 2 rings (SSSR count). The van der Waals surface area contributed by atoms with Crippen LogP contribution in [0.1, 0.15) is 31.7 Å². The summed E-state index contributed by atoms with van der Waals surface area (Å²) in [5, 5.41) is 13.9. The molecule has 0 fully saturated rings. The van der Waals surface area contributed by atoms with Gasteiger partial charge in [0.15, 0.2) is 0 Å². The Labute approximate surface area is 118 Å². The molecule has 0 saturated carbocycles. The van der Waals surface area contributed by atoms with E-state index >= 15 is 0 Å². The van der Waals surface area contributed by atoms with Crippen molar-refractivity contribution in [3.63, 3.8) is 0 Å². The van der Waals surface area contributed by atoms with Crippen LogP contribution in [0.3, 0.4) is 0 Å². The number of hydrogen-bond donors (Lipinski definition) is 1. The van der Waals surface area contributed by atoms with Gasteiger partial charge in [-0.05, 0) is 18.9 Å². The molecule has 1 unspecified atom stereocenters. The molecule has 0 amide bonds. The van der Waals surface area contributed by atoms with Crippen LogP contribution in [0.2, 0.25) is 0 Å². The van der Waals surface area contributed by atoms with Crippen LogP contribution in [0.5, 0.6) is 0 Å². The fraction of sp³-hybridized carbons (Fsp3) is 0.400. The van der Waals surface area contributed by atoms with Gasteiger partial charge in [0.25, 0.3) is 0 Å². The lowest BCUT2D eigenvalue weighted by Crippen LogP contribution is -2.38. The van der Waals surface area contributed by atoms with Gasteiger partial charge in [0.1, 0.15) is 12.2 Å². The standard InChI is InChI=1S/C15H19N3O2/c1-3-15(14(19)20,12-8-6-5-7-9-12)10-13-16-11-17-18(13)4-2/h5-9,11H,3-4,10H2,1-2H3,(H,19,20). The second kappa shape index (κ2) is 5.86. The number of aliphatic carboxylic acids is 1. The predicted molar refractivity (Wildman–Crippen MR) is 75.4 cm³/mol. The van der Waals surface area contributed by atoms with Gasteiger partial charge in [0.2, 0.25) is 0 Å². The molecule has 0 bridgehead atoms. The molecule has 1 aromatic heterocycles. The molecular formula is C15H19N3O2. The Kier molecular flexibility index (Phi) is 4.17. The second-order valence-electron chi connectivity index (χ2n) is 4.78. The summed E-state index contributed by atoms with van der Waals surface area (Å²) < 4.78 is 1.75. The lowest BCUT2D eigenvalue weighted by atomic mass is 9.75. The first-order valence-electron chi connectivity index (χ1n) is 6.79. The van der Waals surface area contributed by atoms with Gasteiger partial charge in [0, 0.05) is 13.0 Å². The van der Waals surface area contributed by atoms with Crippen molar-refractivity contribution >= 4 is 5.97 Å². The largest absolute Gasteiger partial charge is 0.481 e. The molecule has 0 saturated heterocycles. The highest BCUT2D eigenvalue weighted by atomic mass is 16.4. The highest BCUT2D eigenvalue weighted by Gasteiger charge is 2.40. The summed E-state index contributed by atoms with van der Waals surface area (Å²) in [5.41, 5.74) is -0.151. The minimum absolute atomic E-state index is 0.344. The van der Waals surface area contributed by atoms with Gasteiger partial charge in [-0.3, -0.25) is 9.48 Å². The van der Waals surface area contributed by atoms with Crippen molar-refractivity contribution in [3.05, 3.63) is 48.0 Å². The van der Waals surface area contributed by atoms with Gasteiger partial charge in [-0.25, -0.2) is 4.98 Å². The Morgan fingerprint density at radius 3 is 2.55 bits per heavy atom. The van der Waals surface area contributed by atoms with Crippen LogP contribution in [0.15, 0.2) is 36.7 Å². The summed E-state index contributed by atoms with van der Waals surface area (Å²) in [7, 11) is 0. The third kappa shape index (κ3) is 2.43. The van der Waals surface area contributed by atoms with Crippen LogP contribution < -0.4 is 0 Å². The van der Waals surface area contributed by atoms with Crippen LogP contribution >= 0.6 is 0 Å². The first-order chi connectivity index (χ1) is 9.64. The third-order valence-corrected chi connectivity index (χ3v) is 3.79. The molecule has 5 nitrogen and oxygen atoms in total. The topological polar surface area (TPSA) is 68.0 Å². The van der Waals surface area contributed by atoms with Crippen molar-refractivity contribution in [3.8, 4) is 0 Å². The number of aromatic nitrogens is 3. The Morgan fingerprint density at radius 2 is 2.00 bits per heavy atom. The molecule has 0 aliphatic heterocycles. The molecule has 2 aromatic rings. The van der Waals surface area contributed by atoms with Gasteiger partial charge in [-0.1, -0.05) is 37.3 Å². The Hall–Kier alpha value is -2.17. The summed E-state index contributed by atoms with van der Waals surface area (Å²) in [6.07, 6.45) is 2.33. The van der Waals surface area contributed by atoms with Crippen molar-refractivity contribution in [1.82, 2.24) is 14.8 Å². The second-order valence-corrected chi connectivity index (χ2v) is 4.78. The van der Waals surface area contributed by atoms with Crippen LogP contribution in [0.25, 0.3) is 0 Å². The molecule has 5 heteroatoms. The van der Waals surface area contributed by atoms with E-state index in [4.69, 9.17) is 0 Å². The third-order valence-electron chi connectivity index (χ3n) is 3.79. The molecular weight excluding hydrogens is 254 g/mol. The number of carboxylic acid groups (broad SMARTS) is 1. The van der Waals surface area contributed by atoms with E-state index in [0.717, 1.165) is 5.56 Å². The van der Waals surface area contributed by atoms with Crippen molar-refractivity contribution < 1.29 is 9.90 Å². The van der Waals surface area contributed by atoms with E-state index in [1.54, 1.807) is 4.68 Å². The summed E-state index contributed by atoms with van der Waals surface area (Å²) in [6, 6.07) is 9.36. The SMILES string of the molecule is CCn1ncnc1CC(CC)(C(=O)O)c1ccccc1. The van der Waals surface area contributed by atoms with Crippen LogP contribution in [-0.4, -0.2) is 25.8 Å². The number of carboxylic acids is 1. The van der Waals surface area contributed by atoms with Crippen LogP contribution in [0.4, 0.5) is 0 Å². The molecule has 1 heterocycles. The maximum absolute atomic E-state index is 11.9. The number of rotatable bonds is 6. The lowest BCUT2D eigenvalue weighted by Gasteiger charge is -2.28. The Morgan fingerprint density at radius 1 is 1.30 bits per heavy atom. The van der Waals surface area contributed by atoms with E-state index in [2.05, 4.69) is 10.1 Å². The monoisotopic (exact) mass is 273 g/mol. The minimum Gasteiger partial charge on any atom is -0.481 e. The van der Waals surface area contributed by atoms with Crippen molar-refractivity contribution in [2.75, 3.05) is 0 Å². The maximum Gasteiger partial charge on any atom is 0.314 e. The van der Waals surface area contributed by atoms with Gasteiger partial charge in [0.05, 0.1) is 5.41 Å². The first-order valence-corrected chi connectivity index (χ1v) is 6.79. The molecule has 0 aliphatic carbocycles. The zero-order valence-electron chi connectivity index (χ0n) is 11.8. The fourth-order valence-corrected chi connectivity index (χ4v) is 2.50. The normalized spacial score (nSPS) is 13.9. The smallest absolute Gasteiger partial charge is 0.314 e. The first kappa shape index (κ1) is 14.2. The summed E-state index contributed by atoms with van der Waals surface area (Å²) in [6.45, 7) is 4.55. The van der Waals surface area contributed by atoms with Crippen LogP contribution in [0, 0.1) is 0 Å². The fourth-order valence-electron chi connectivity index (χ4n) is 2.50. The number of carbonyl (C=O) groups is 1. The molecule has 106 valence electrons. The van der Waals surface area contributed by atoms with Crippen molar-refractivity contribution in [1.29, 1.82) is 0 Å². The van der Waals surface area contributed by atoms with E-state index in [-0.39, 0.29) is 0 Å². The summed E-state index contributed by atoms with van der Waals surface area (Å²) in [5.74, 6) is -0.113. The van der Waals surface area contributed by atoms with Gasteiger partial charge < -0.3 is 5.11 Å². The molecule has 0 radical (unpaired) electrons. The molecule has 20 heavy (non-hydrogen) atoms. The number of benzene rings is 1. The number of aryl methyl sites for hydroxylation is 1. The Bertz CT molecular complexity index is 580. The van der Waals surface area contributed by atoms with E-state index in [0.29, 0.717) is 25.2 Å². The van der Waals surface area contributed by atoms with Crippen molar-refractivity contribution in [2.24, 2.45) is 0 Å². The maximum atomic E-state index is 11.9. The molecule has 0 aliphatic rings. The van der Waals surface area contributed by atoms with Gasteiger partial charge in [-0.2, -0.15) is 5.10 Å². The lowest BCUT2D eigenvalue weighted by molar-refractivity contribution is -0.144. The average molecular weight is 273 g/mol. The summed E-state index contributed by atoms with van der Waals surface area (Å²) in [4.78, 5) is 16.1. The zero-order valence-corrected chi connectivity index (χ0v) is 11.8. The molecule has 0 spiro atoms. The van der Waals surface area contributed by atoms with E-state index in [1.807, 2.05) is 44.2 Å². The van der Waals surface area contributed by atoms with Crippen molar-refractivity contribution in [2.45, 2.75) is 38.6 Å². The highest BCUT2D eigenvalue weighted by Crippen LogP contribution is 2.32. The van der Waals surface area contributed by atoms with E-state index in [1.165, 1.54) is 6.33 Å². The minimum atomic E-state index is -0.957.